The van der Waals surface area contributed by atoms with Crippen molar-refractivity contribution in [3.8, 4) is 5.75 Å². The first kappa shape index (κ1) is 17.3. The Kier molecular flexibility index (Phi) is 6.18. The summed E-state index contributed by atoms with van der Waals surface area (Å²) in [6.45, 7) is 10.8. The molecule has 1 aromatic rings. The maximum absolute atomic E-state index is 5.87. The summed E-state index contributed by atoms with van der Waals surface area (Å²) in [5.41, 5.74) is 9.80. The highest BCUT2D eigenvalue weighted by Crippen LogP contribution is 2.33. The first-order valence-corrected chi connectivity index (χ1v) is 6.19. The van der Waals surface area contributed by atoms with Crippen molar-refractivity contribution in [3.05, 3.63) is 28.8 Å². The highest BCUT2D eigenvalue weighted by Gasteiger charge is 2.20. The van der Waals surface area contributed by atoms with Gasteiger partial charge in [0.1, 0.15) is 5.75 Å². The maximum Gasteiger partial charge on any atom is 0.122 e. The molecule has 0 aliphatic rings. The van der Waals surface area contributed by atoms with Gasteiger partial charge in [-0.3, -0.25) is 0 Å². The third-order valence-corrected chi connectivity index (χ3v) is 3.01. The van der Waals surface area contributed by atoms with Crippen molar-refractivity contribution in [3.63, 3.8) is 0 Å². The molecule has 0 spiro atoms. The molecule has 0 aliphatic heterocycles. The van der Waals surface area contributed by atoms with E-state index in [0.717, 1.165) is 12.2 Å². The first-order chi connectivity index (χ1) is 7.75. The molecule has 1 unspecified atom stereocenters. The molecule has 0 aliphatic carbocycles. The number of hydrogen-bond donors (Lipinski definition) is 1. The number of methoxy groups -OCH3 is 1. The van der Waals surface area contributed by atoms with E-state index in [2.05, 4.69) is 39.8 Å². The Morgan fingerprint density at radius 1 is 1.28 bits per heavy atom. The van der Waals surface area contributed by atoms with Crippen LogP contribution in [0.25, 0.3) is 0 Å². The molecule has 18 heavy (non-hydrogen) atoms. The van der Waals surface area contributed by atoms with Crippen LogP contribution in [0.4, 0.5) is 0 Å². The average molecular weight is 272 g/mol. The van der Waals surface area contributed by atoms with Crippen LogP contribution in [-0.2, 0) is 11.8 Å². The monoisotopic (exact) mass is 271 g/mol. The maximum atomic E-state index is 5.87. The van der Waals surface area contributed by atoms with Crippen LogP contribution in [0, 0.1) is 6.92 Å². The van der Waals surface area contributed by atoms with Gasteiger partial charge in [-0.25, -0.2) is 0 Å². The van der Waals surface area contributed by atoms with E-state index in [0.29, 0.717) is 0 Å². The molecule has 0 aromatic heterocycles. The van der Waals surface area contributed by atoms with Crippen molar-refractivity contribution in [1.82, 2.24) is 0 Å². The van der Waals surface area contributed by atoms with Gasteiger partial charge in [0.05, 0.1) is 7.11 Å². The van der Waals surface area contributed by atoms with E-state index in [1.54, 1.807) is 7.11 Å². The lowest BCUT2D eigenvalue weighted by molar-refractivity contribution is 0.396. The van der Waals surface area contributed by atoms with E-state index >= 15 is 0 Å². The normalized spacial score (nSPS) is 12.8. The number of benzene rings is 1. The lowest BCUT2D eigenvalue weighted by atomic mass is 9.84. The van der Waals surface area contributed by atoms with Crippen molar-refractivity contribution < 1.29 is 4.74 Å². The van der Waals surface area contributed by atoms with Crippen LogP contribution in [0.3, 0.4) is 0 Å². The zero-order valence-corrected chi connectivity index (χ0v) is 13.1. The van der Waals surface area contributed by atoms with E-state index in [9.17, 15) is 0 Å². The molecule has 0 radical (unpaired) electrons. The van der Waals surface area contributed by atoms with Crippen LogP contribution in [0.2, 0.25) is 0 Å². The quantitative estimate of drug-likeness (QED) is 0.911. The fraction of sp³-hybridized carbons (Fsp3) is 0.600. The minimum absolute atomic E-state index is 0. The van der Waals surface area contributed by atoms with E-state index in [4.69, 9.17) is 10.5 Å². The van der Waals surface area contributed by atoms with Gasteiger partial charge >= 0.3 is 0 Å². The van der Waals surface area contributed by atoms with Gasteiger partial charge in [-0.2, -0.15) is 0 Å². The topological polar surface area (TPSA) is 35.2 Å². The highest BCUT2D eigenvalue weighted by molar-refractivity contribution is 5.85. The second kappa shape index (κ2) is 6.44. The van der Waals surface area contributed by atoms with Gasteiger partial charge in [0.15, 0.2) is 0 Å². The third-order valence-electron chi connectivity index (χ3n) is 3.01. The standard InChI is InChI=1S/C15H25NO.ClH/c1-10-7-13(15(3,4)5)14(17-6)9-12(10)8-11(2)16;/h7,9,11H,8,16H2,1-6H3;1H. The SMILES string of the molecule is COc1cc(CC(C)N)c(C)cc1C(C)(C)C.Cl. The van der Waals surface area contributed by atoms with Crippen molar-refractivity contribution in [2.24, 2.45) is 5.73 Å². The summed E-state index contributed by atoms with van der Waals surface area (Å²) in [4.78, 5) is 0. The molecule has 2 N–H and O–H groups in total. The molecule has 1 aromatic carbocycles. The molecule has 3 heteroatoms. The number of aryl methyl sites for hydroxylation is 1. The van der Waals surface area contributed by atoms with Crippen LogP contribution >= 0.6 is 12.4 Å². The summed E-state index contributed by atoms with van der Waals surface area (Å²) in [6.07, 6.45) is 0.895. The van der Waals surface area contributed by atoms with Gasteiger partial charge in [-0.05, 0) is 48.4 Å². The number of hydrogen-bond acceptors (Lipinski definition) is 2. The molecule has 0 bridgehead atoms. The van der Waals surface area contributed by atoms with Crippen LogP contribution in [0.1, 0.15) is 44.4 Å². The number of rotatable bonds is 3. The van der Waals surface area contributed by atoms with Gasteiger partial charge in [0.2, 0.25) is 0 Å². The molecule has 0 heterocycles. The van der Waals surface area contributed by atoms with Crippen molar-refractivity contribution in [2.45, 2.75) is 52.5 Å². The summed E-state index contributed by atoms with van der Waals surface area (Å²) < 4.78 is 5.51. The Bertz CT molecular complexity index is 394. The van der Waals surface area contributed by atoms with Crippen LogP contribution in [-0.4, -0.2) is 13.2 Å². The van der Waals surface area contributed by atoms with Crippen LogP contribution in [0.15, 0.2) is 12.1 Å². The predicted octanol–water partition coefficient (Wildman–Crippen LogP) is 3.61. The van der Waals surface area contributed by atoms with Crippen LogP contribution in [0.5, 0.6) is 5.75 Å². The third kappa shape index (κ3) is 4.18. The van der Waals surface area contributed by atoms with E-state index in [1.165, 1.54) is 16.7 Å². The first-order valence-electron chi connectivity index (χ1n) is 6.19. The summed E-state index contributed by atoms with van der Waals surface area (Å²) in [5.74, 6) is 0.971. The number of halogens is 1. The predicted molar refractivity (Wildman–Crippen MR) is 81.0 cm³/mol. The highest BCUT2D eigenvalue weighted by atomic mass is 35.5. The minimum Gasteiger partial charge on any atom is -0.496 e. The summed E-state index contributed by atoms with van der Waals surface area (Å²) in [5, 5.41) is 0. The van der Waals surface area contributed by atoms with Gasteiger partial charge < -0.3 is 10.5 Å². The average Bonchev–Trinajstić information content (AvgIpc) is 2.18. The largest absolute Gasteiger partial charge is 0.496 e. The van der Waals surface area contributed by atoms with E-state index < -0.39 is 0 Å². The Hall–Kier alpha value is -0.730. The summed E-state index contributed by atoms with van der Waals surface area (Å²) in [6, 6.07) is 4.55. The molecule has 0 fully saturated rings. The Morgan fingerprint density at radius 3 is 2.22 bits per heavy atom. The van der Waals surface area contributed by atoms with Gasteiger partial charge in [0.25, 0.3) is 0 Å². The number of ether oxygens (including phenoxy) is 1. The molecule has 0 saturated heterocycles. The van der Waals surface area contributed by atoms with Gasteiger partial charge in [-0.1, -0.05) is 26.8 Å². The van der Waals surface area contributed by atoms with Crippen molar-refractivity contribution in [2.75, 3.05) is 7.11 Å². The molecule has 2 nitrogen and oxygen atoms in total. The molecule has 0 saturated carbocycles. The zero-order valence-electron chi connectivity index (χ0n) is 12.3. The Balaban J connectivity index is 0.00000289. The van der Waals surface area contributed by atoms with Crippen molar-refractivity contribution >= 4 is 12.4 Å². The fourth-order valence-electron chi connectivity index (χ4n) is 2.05. The molecule has 1 atom stereocenters. The molecule has 1 rings (SSSR count). The molecular weight excluding hydrogens is 246 g/mol. The molecule has 104 valence electrons. The molecule has 0 amide bonds. The fourth-order valence-corrected chi connectivity index (χ4v) is 2.05. The van der Waals surface area contributed by atoms with E-state index in [1.807, 2.05) is 6.92 Å². The Labute approximate surface area is 117 Å². The lowest BCUT2D eigenvalue weighted by Crippen LogP contribution is -2.19. The summed E-state index contributed by atoms with van der Waals surface area (Å²) in [7, 11) is 1.73. The van der Waals surface area contributed by atoms with Gasteiger partial charge in [-0.15, -0.1) is 12.4 Å². The Morgan fingerprint density at radius 2 is 1.83 bits per heavy atom. The second-order valence-electron chi connectivity index (χ2n) is 5.91. The lowest BCUT2D eigenvalue weighted by Gasteiger charge is -2.24. The second-order valence-corrected chi connectivity index (χ2v) is 5.91. The van der Waals surface area contributed by atoms with E-state index in [-0.39, 0.29) is 23.9 Å². The summed E-state index contributed by atoms with van der Waals surface area (Å²) >= 11 is 0. The van der Waals surface area contributed by atoms with Gasteiger partial charge in [0, 0.05) is 6.04 Å². The zero-order chi connectivity index (χ0) is 13.2. The van der Waals surface area contributed by atoms with Crippen molar-refractivity contribution in [1.29, 1.82) is 0 Å². The molecular formula is C15H26ClNO. The van der Waals surface area contributed by atoms with Crippen LogP contribution < -0.4 is 10.5 Å². The minimum atomic E-state index is 0. The smallest absolute Gasteiger partial charge is 0.122 e. The number of nitrogens with two attached hydrogens (primary N) is 1.